The van der Waals surface area contributed by atoms with Crippen molar-refractivity contribution in [2.75, 3.05) is 5.75 Å². The van der Waals surface area contributed by atoms with Gasteiger partial charge in [-0.05, 0) is 25.0 Å². The molecule has 17 heavy (non-hydrogen) atoms. The highest BCUT2D eigenvalue weighted by Gasteiger charge is 2.27. The number of nitro benzene ring substituents is 1. The van der Waals surface area contributed by atoms with Gasteiger partial charge in [0.25, 0.3) is 5.69 Å². The smallest absolute Gasteiger partial charge is 0.275 e. The molecule has 5 nitrogen and oxygen atoms in total. The highest BCUT2D eigenvalue weighted by molar-refractivity contribution is 7.80. The lowest BCUT2D eigenvalue weighted by Crippen LogP contribution is -2.21. The van der Waals surface area contributed by atoms with Crippen molar-refractivity contribution in [2.24, 2.45) is 0 Å². The van der Waals surface area contributed by atoms with Gasteiger partial charge in [-0.3, -0.25) is 10.1 Å². The fraction of sp³-hybridized carbons (Fsp3) is 0.455. The quantitative estimate of drug-likeness (QED) is 0.434. The number of aliphatic hydroxyl groups is 2. The molecule has 0 aliphatic carbocycles. The summed E-state index contributed by atoms with van der Waals surface area (Å²) in [5, 5.41) is 30.4. The van der Waals surface area contributed by atoms with E-state index < -0.39 is 17.1 Å². The maximum Gasteiger partial charge on any atom is 0.275 e. The van der Waals surface area contributed by atoms with E-state index in [1.54, 1.807) is 19.9 Å². The molecule has 0 aliphatic rings. The highest BCUT2D eigenvalue weighted by Crippen LogP contribution is 2.31. The van der Waals surface area contributed by atoms with Gasteiger partial charge in [-0.15, -0.1) is 0 Å². The average molecular weight is 257 g/mol. The van der Waals surface area contributed by atoms with E-state index in [4.69, 9.17) is 0 Å². The summed E-state index contributed by atoms with van der Waals surface area (Å²) in [6.07, 6.45) is -2.42. The van der Waals surface area contributed by atoms with Gasteiger partial charge >= 0.3 is 0 Å². The van der Waals surface area contributed by atoms with E-state index >= 15 is 0 Å². The van der Waals surface area contributed by atoms with Crippen molar-refractivity contribution in [3.63, 3.8) is 0 Å². The van der Waals surface area contributed by atoms with Crippen molar-refractivity contribution >= 4 is 18.3 Å². The molecule has 0 amide bonds. The van der Waals surface area contributed by atoms with Crippen LogP contribution in [0.2, 0.25) is 0 Å². The van der Waals surface area contributed by atoms with Crippen LogP contribution in [0.1, 0.15) is 22.8 Å². The first-order valence-corrected chi connectivity index (χ1v) is 5.74. The maximum absolute atomic E-state index is 10.9. The van der Waals surface area contributed by atoms with Crippen LogP contribution >= 0.6 is 12.6 Å². The molecular formula is C11H15NO4S. The Bertz CT molecular complexity index is 436. The van der Waals surface area contributed by atoms with Gasteiger partial charge in [0.15, 0.2) is 0 Å². The Morgan fingerprint density at radius 2 is 2.00 bits per heavy atom. The molecule has 94 valence electrons. The predicted octanol–water partition coefficient (Wildman–Crippen LogP) is 1.54. The Hall–Kier alpha value is -1.11. The molecule has 0 saturated heterocycles. The molecule has 0 radical (unpaired) electrons. The van der Waals surface area contributed by atoms with E-state index in [1.807, 2.05) is 0 Å². The van der Waals surface area contributed by atoms with Crippen LogP contribution in [0.15, 0.2) is 12.1 Å². The van der Waals surface area contributed by atoms with Crippen LogP contribution in [0.25, 0.3) is 0 Å². The predicted molar refractivity (Wildman–Crippen MR) is 67.4 cm³/mol. The molecule has 2 unspecified atom stereocenters. The summed E-state index contributed by atoms with van der Waals surface area (Å²) < 4.78 is 0. The van der Waals surface area contributed by atoms with Gasteiger partial charge in [0, 0.05) is 11.8 Å². The maximum atomic E-state index is 10.9. The summed E-state index contributed by atoms with van der Waals surface area (Å²) in [6.45, 7) is 3.41. The van der Waals surface area contributed by atoms with Crippen molar-refractivity contribution in [2.45, 2.75) is 26.1 Å². The summed E-state index contributed by atoms with van der Waals surface area (Å²) in [4.78, 5) is 10.4. The molecule has 0 fully saturated rings. The first kappa shape index (κ1) is 14.0. The van der Waals surface area contributed by atoms with Crippen molar-refractivity contribution in [1.29, 1.82) is 0 Å². The van der Waals surface area contributed by atoms with Gasteiger partial charge in [-0.1, -0.05) is 6.07 Å². The van der Waals surface area contributed by atoms with Crippen LogP contribution in [0, 0.1) is 24.0 Å². The second-order valence-electron chi connectivity index (χ2n) is 3.97. The number of rotatable bonds is 4. The van der Waals surface area contributed by atoms with Gasteiger partial charge in [-0.25, -0.2) is 0 Å². The first-order valence-electron chi connectivity index (χ1n) is 5.11. The minimum Gasteiger partial charge on any atom is -0.389 e. The SMILES string of the molecule is Cc1cc(C)c(C(O)C(O)CS)c([N+](=O)[O-])c1. The van der Waals surface area contributed by atoms with Crippen molar-refractivity contribution in [1.82, 2.24) is 0 Å². The van der Waals surface area contributed by atoms with Gasteiger partial charge in [0.05, 0.1) is 16.6 Å². The van der Waals surface area contributed by atoms with Gasteiger partial charge in [0.2, 0.25) is 0 Å². The molecular weight excluding hydrogens is 242 g/mol. The minimum atomic E-state index is -1.30. The van der Waals surface area contributed by atoms with Gasteiger partial charge in [0.1, 0.15) is 6.10 Å². The second kappa shape index (κ2) is 5.48. The number of thiol groups is 1. The molecule has 0 saturated carbocycles. The van der Waals surface area contributed by atoms with Crippen LogP contribution in [0.3, 0.4) is 0 Å². The van der Waals surface area contributed by atoms with E-state index in [0.29, 0.717) is 5.56 Å². The first-order chi connectivity index (χ1) is 7.88. The average Bonchev–Trinajstić information content (AvgIpc) is 2.26. The summed E-state index contributed by atoms with van der Waals surface area (Å²) in [5.41, 5.74) is 1.31. The van der Waals surface area contributed by atoms with Crippen LogP contribution in [0.5, 0.6) is 0 Å². The molecule has 0 bridgehead atoms. The lowest BCUT2D eigenvalue weighted by molar-refractivity contribution is -0.386. The zero-order valence-corrected chi connectivity index (χ0v) is 10.5. The lowest BCUT2D eigenvalue weighted by Gasteiger charge is -2.18. The number of hydrogen-bond donors (Lipinski definition) is 3. The Labute approximate surface area is 105 Å². The van der Waals surface area contributed by atoms with Crippen LogP contribution < -0.4 is 0 Å². The topological polar surface area (TPSA) is 83.6 Å². The molecule has 1 aromatic rings. The summed E-state index contributed by atoms with van der Waals surface area (Å²) >= 11 is 3.87. The summed E-state index contributed by atoms with van der Waals surface area (Å²) in [5.74, 6) is 0.0334. The number of aryl methyl sites for hydroxylation is 2. The minimum absolute atomic E-state index is 0.0334. The van der Waals surface area contributed by atoms with Gasteiger partial charge < -0.3 is 10.2 Å². The van der Waals surface area contributed by atoms with E-state index in [1.165, 1.54) is 6.07 Å². The van der Waals surface area contributed by atoms with E-state index in [-0.39, 0.29) is 17.0 Å². The van der Waals surface area contributed by atoms with E-state index in [0.717, 1.165) is 5.56 Å². The number of benzene rings is 1. The van der Waals surface area contributed by atoms with Crippen LogP contribution in [-0.2, 0) is 0 Å². The van der Waals surface area contributed by atoms with Crippen molar-refractivity contribution in [3.8, 4) is 0 Å². The molecule has 0 heterocycles. The fourth-order valence-electron chi connectivity index (χ4n) is 1.78. The molecule has 0 spiro atoms. The third-order valence-corrected chi connectivity index (χ3v) is 2.93. The normalized spacial score (nSPS) is 14.4. The number of nitrogens with zero attached hydrogens (tertiary/aromatic N) is 1. The molecule has 1 rings (SSSR count). The van der Waals surface area contributed by atoms with Crippen LogP contribution in [0.4, 0.5) is 5.69 Å². The van der Waals surface area contributed by atoms with E-state index in [2.05, 4.69) is 12.6 Å². The summed E-state index contributed by atoms with van der Waals surface area (Å²) in [7, 11) is 0. The monoisotopic (exact) mass is 257 g/mol. The van der Waals surface area contributed by atoms with E-state index in [9.17, 15) is 20.3 Å². The largest absolute Gasteiger partial charge is 0.389 e. The van der Waals surface area contributed by atoms with Crippen molar-refractivity contribution in [3.05, 3.63) is 38.9 Å². The molecule has 0 aliphatic heterocycles. The molecule has 2 atom stereocenters. The third kappa shape index (κ3) is 2.96. The zero-order chi connectivity index (χ0) is 13.2. The van der Waals surface area contributed by atoms with Gasteiger partial charge in [-0.2, -0.15) is 12.6 Å². The highest BCUT2D eigenvalue weighted by atomic mass is 32.1. The summed E-state index contributed by atoms with van der Waals surface area (Å²) in [6, 6.07) is 3.12. The molecule has 0 aromatic heterocycles. The Morgan fingerprint density at radius 3 is 2.47 bits per heavy atom. The zero-order valence-electron chi connectivity index (χ0n) is 9.62. The molecule has 6 heteroatoms. The fourth-order valence-corrected chi connectivity index (χ4v) is 1.98. The number of nitro groups is 1. The van der Waals surface area contributed by atoms with Crippen molar-refractivity contribution < 1.29 is 15.1 Å². The molecule has 1 aromatic carbocycles. The Morgan fingerprint density at radius 1 is 1.41 bits per heavy atom. The standard InChI is InChI=1S/C11H15NO4S/c1-6-3-7(2)10(8(4-6)12(15)16)11(14)9(13)5-17/h3-4,9,11,13-14,17H,5H2,1-2H3. The lowest BCUT2D eigenvalue weighted by atomic mass is 9.96. The van der Waals surface area contributed by atoms with Crippen LogP contribution in [-0.4, -0.2) is 27.0 Å². The second-order valence-corrected chi connectivity index (χ2v) is 4.33. The number of aliphatic hydroxyl groups excluding tert-OH is 2. The molecule has 2 N–H and O–H groups in total. The number of hydrogen-bond acceptors (Lipinski definition) is 5. The third-order valence-electron chi connectivity index (χ3n) is 2.55. The Kier molecular flexibility index (Phi) is 4.50. The Balaban J connectivity index is 3.35.